The maximum absolute atomic E-state index is 13.0. The summed E-state index contributed by atoms with van der Waals surface area (Å²) in [6.45, 7) is 1.47. The summed E-state index contributed by atoms with van der Waals surface area (Å²) >= 11 is 0. The van der Waals surface area contributed by atoms with Gasteiger partial charge in [-0.25, -0.2) is 4.39 Å². The Morgan fingerprint density at radius 2 is 2.27 bits per heavy atom. The lowest BCUT2D eigenvalue weighted by Gasteiger charge is -1.98. The van der Waals surface area contributed by atoms with Crippen molar-refractivity contribution >= 4 is 0 Å². The summed E-state index contributed by atoms with van der Waals surface area (Å²) < 4.78 is 18.3. The molecule has 0 bridgehead atoms. The molecule has 1 aromatic heterocycles. The molecule has 0 fully saturated rings. The molecule has 0 unspecified atom stereocenters. The van der Waals surface area contributed by atoms with Gasteiger partial charge in [-0.1, -0.05) is 17.3 Å². The molecule has 2 aromatic rings. The van der Waals surface area contributed by atoms with Gasteiger partial charge in [0, 0.05) is 24.2 Å². The summed E-state index contributed by atoms with van der Waals surface area (Å²) in [5.41, 5.74) is 2.71. The standard InChI is InChI=1S/C11H9FN2O/c12-8-3-1-2-7(4-8)11-9-5-13-6-10(9)14-15-11/h1-4,13H,5-6H2. The predicted octanol–water partition coefficient (Wildman–Crippen LogP) is 2.08. The lowest BCUT2D eigenvalue weighted by atomic mass is 10.1. The van der Waals surface area contributed by atoms with E-state index in [4.69, 9.17) is 4.52 Å². The van der Waals surface area contributed by atoms with E-state index < -0.39 is 0 Å². The second-order valence-corrected chi connectivity index (χ2v) is 3.55. The first-order chi connectivity index (χ1) is 7.34. The summed E-state index contributed by atoms with van der Waals surface area (Å²) in [6.07, 6.45) is 0. The minimum atomic E-state index is -0.261. The Bertz CT molecular complexity index is 507. The molecule has 3 nitrogen and oxygen atoms in total. The molecule has 0 saturated carbocycles. The van der Waals surface area contributed by atoms with E-state index in [1.807, 2.05) is 6.07 Å². The molecule has 76 valence electrons. The Morgan fingerprint density at radius 3 is 3.13 bits per heavy atom. The first kappa shape index (κ1) is 8.61. The van der Waals surface area contributed by atoms with Gasteiger partial charge in [-0.3, -0.25) is 0 Å². The van der Waals surface area contributed by atoms with Gasteiger partial charge < -0.3 is 9.84 Å². The summed E-state index contributed by atoms with van der Waals surface area (Å²) in [5, 5.41) is 7.12. The highest BCUT2D eigenvalue weighted by atomic mass is 19.1. The van der Waals surface area contributed by atoms with Crippen LogP contribution in [0.2, 0.25) is 0 Å². The third kappa shape index (κ3) is 1.34. The number of rotatable bonds is 1. The van der Waals surface area contributed by atoms with E-state index in [0.29, 0.717) is 5.76 Å². The number of nitrogens with zero attached hydrogens (tertiary/aromatic N) is 1. The molecule has 0 spiro atoms. The molecule has 0 aliphatic carbocycles. The monoisotopic (exact) mass is 204 g/mol. The fourth-order valence-corrected chi connectivity index (χ4v) is 1.83. The van der Waals surface area contributed by atoms with Gasteiger partial charge in [-0.05, 0) is 12.1 Å². The average Bonchev–Trinajstić information content (AvgIpc) is 2.77. The first-order valence-corrected chi connectivity index (χ1v) is 4.78. The van der Waals surface area contributed by atoms with Gasteiger partial charge in [-0.2, -0.15) is 0 Å². The Hall–Kier alpha value is -1.68. The van der Waals surface area contributed by atoms with Gasteiger partial charge in [-0.15, -0.1) is 0 Å². The zero-order valence-corrected chi connectivity index (χ0v) is 7.96. The van der Waals surface area contributed by atoms with E-state index >= 15 is 0 Å². The van der Waals surface area contributed by atoms with Crippen LogP contribution >= 0.6 is 0 Å². The van der Waals surface area contributed by atoms with Crippen molar-refractivity contribution in [2.45, 2.75) is 13.1 Å². The van der Waals surface area contributed by atoms with Crippen LogP contribution in [0.1, 0.15) is 11.3 Å². The normalized spacial score (nSPS) is 14.2. The highest BCUT2D eigenvalue weighted by Crippen LogP contribution is 2.29. The van der Waals surface area contributed by atoms with Crippen LogP contribution in [0.25, 0.3) is 11.3 Å². The van der Waals surface area contributed by atoms with Gasteiger partial charge in [0.25, 0.3) is 0 Å². The molecule has 15 heavy (non-hydrogen) atoms. The zero-order valence-electron chi connectivity index (χ0n) is 7.96. The van der Waals surface area contributed by atoms with E-state index in [2.05, 4.69) is 10.5 Å². The molecule has 1 aromatic carbocycles. The number of halogens is 1. The molecule has 0 radical (unpaired) electrons. The lowest BCUT2D eigenvalue weighted by Crippen LogP contribution is -2.01. The Kier molecular flexibility index (Phi) is 1.82. The third-order valence-electron chi connectivity index (χ3n) is 2.55. The molecule has 4 heteroatoms. The minimum absolute atomic E-state index is 0.261. The summed E-state index contributed by atoms with van der Waals surface area (Å²) in [7, 11) is 0. The van der Waals surface area contributed by atoms with Crippen LogP contribution in [-0.2, 0) is 13.1 Å². The van der Waals surface area contributed by atoms with E-state index in [0.717, 1.165) is 29.9 Å². The maximum Gasteiger partial charge on any atom is 0.171 e. The predicted molar refractivity (Wildman–Crippen MR) is 52.4 cm³/mol. The van der Waals surface area contributed by atoms with Crippen LogP contribution in [0.4, 0.5) is 4.39 Å². The molecule has 0 saturated heterocycles. The number of benzene rings is 1. The second kappa shape index (κ2) is 3.17. The number of aromatic nitrogens is 1. The number of fused-ring (bicyclic) bond motifs is 1. The van der Waals surface area contributed by atoms with Gasteiger partial charge >= 0.3 is 0 Å². The van der Waals surface area contributed by atoms with Crippen molar-refractivity contribution in [1.82, 2.24) is 10.5 Å². The topological polar surface area (TPSA) is 38.1 Å². The van der Waals surface area contributed by atoms with Crippen molar-refractivity contribution in [3.05, 3.63) is 41.3 Å². The van der Waals surface area contributed by atoms with Crippen LogP contribution in [0.3, 0.4) is 0 Å². The molecule has 3 rings (SSSR count). The van der Waals surface area contributed by atoms with E-state index in [1.54, 1.807) is 6.07 Å². The van der Waals surface area contributed by atoms with Crippen LogP contribution in [0.5, 0.6) is 0 Å². The van der Waals surface area contributed by atoms with Crippen molar-refractivity contribution in [3.63, 3.8) is 0 Å². The van der Waals surface area contributed by atoms with Gasteiger partial charge in [0.2, 0.25) is 0 Å². The average molecular weight is 204 g/mol. The fraction of sp³-hybridized carbons (Fsp3) is 0.182. The van der Waals surface area contributed by atoms with Crippen molar-refractivity contribution in [3.8, 4) is 11.3 Å². The highest BCUT2D eigenvalue weighted by Gasteiger charge is 2.21. The van der Waals surface area contributed by atoms with E-state index in [9.17, 15) is 4.39 Å². The van der Waals surface area contributed by atoms with Crippen LogP contribution < -0.4 is 5.32 Å². The Morgan fingerprint density at radius 1 is 1.33 bits per heavy atom. The summed E-state index contributed by atoms with van der Waals surface area (Å²) in [5.74, 6) is 0.415. The number of nitrogens with one attached hydrogen (secondary N) is 1. The number of hydrogen-bond acceptors (Lipinski definition) is 3. The smallest absolute Gasteiger partial charge is 0.171 e. The zero-order chi connectivity index (χ0) is 10.3. The Labute approximate surface area is 85.9 Å². The lowest BCUT2D eigenvalue weighted by molar-refractivity contribution is 0.417. The van der Waals surface area contributed by atoms with E-state index in [-0.39, 0.29) is 5.82 Å². The van der Waals surface area contributed by atoms with Gasteiger partial charge in [0.05, 0.1) is 0 Å². The number of hydrogen-bond donors (Lipinski definition) is 1. The van der Waals surface area contributed by atoms with Crippen LogP contribution in [0, 0.1) is 5.82 Å². The largest absolute Gasteiger partial charge is 0.356 e. The second-order valence-electron chi connectivity index (χ2n) is 3.55. The highest BCUT2D eigenvalue weighted by molar-refractivity contribution is 5.62. The quantitative estimate of drug-likeness (QED) is 0.772. The Balaban J connectivity index is 2.13. The summed E-state index contributed by atoms with van der Waals surface area (Å²) in [6, 6.07) is 6.36. The fourth-order valence-electron chi connectivity index (χ4n) is 1.83. The molecule has 1 aliphatic rings. The SMILES string of the molecule is Fc1cccc(-c2onc3c2CNC3)c1. The van der Waals surface area contributed by atoms with Crippen LogP contribution in [-0.4, -0.2) is 5.16 Å². The van der Waals surface area contributed by atoms with Crippen molar-refractivity contribution < 1.29 is 8.91 Å². The van der Waals surface area contributed by atoms with Gasteiger partial charge in [0.15, 0.2) is 5.76 Å². The molecule has 0 atom stereocenters. The third-order valence-corrected chi connectivity index (χ3v) is 2.55. The van der Waals surface area contributed by atoms with Crippen molar-refractivity contribution in [1.29, 1.82) is 0 Å². The maximum atomic E-state index is 13.0. The molecule has 2 heterocycles. The van der Waals surface area contributed by atoms with Crippen molar-refractivity contribution in [2.24, 2.45) is 0 Å². The van der Waals surface area contributed by atoms with Gasteiger partial charge in [0.1, 0.15) is 11.5 Å². The molecule has 1 aliphatic heterocycles. The van der Waals surface area contributed by atoms with Crippen molar-refractivity contribution in [2.75, 3.05) is 0 Å². The minimum Gasteiger partial charge on any atom is -0.356 e. The molecule has 0 amide bonds. The van der Waals surface area contributed by atoms with Crippen LogP contribution in [0.15, 0.2) is 28.8 Å². The van der Waals surface area contributed by atoms with E-state index in [1.165, 1.54) is 12.1 Å². The first-order valence-electron chi connectivity index (χ1n) is 4.78. The summed E-state index contributed by atoms with van der Waals surface area (Å²) in [4.78, 5) is 0. The molecular weight excluding hydrogens is 195 g/mol. The molecule has 1 N–H and O–H groups in total. The molecular formula is C11H9FN2O.